The first-order valence-corrected chi connectivity index (χ1v) is 10.4. The third-order valence-corrected chi connectivity index (χ3v) is 6.06. The molecule has 0 spiro atoms. The third kappa shape index (κ3) is 4.74. The predicted octanol–water partition coefficient (Wildman–Crippen LogP) is 5.00. The van der Waals surface area contributed by atoms with E-state index in [1.807, 2.05) is 19.1 Å². The Labute approximate surface area is 180 Å². The van der Waals surface area contributed by atoms with Crippen LogP contribution in [-0.4, -0.2) is 23.5 Å². The van der Waals surface area contributed by atoms with Gasteiger partial charge in [0.15, 0.2) is 0 Å². The molecule has 2 aromatic rings. The first-order chi connectivity index (χ1) is 14.4. The standard InChI is InChI=1S/C22H26ClN3O4/c1-15-9-10-16(13-20(15)30-2)25-21(27)22(11-4-3-5-12-22)24-14-17-18(23)7-6-8-19(17)26(28)29/h6-10,13,24H,3-5,11-12,14H2,1-2H3,(H,25,27). The van der Waals surface area contributed by atoms with E-state index < -0.39 is 10.5 Å². The Bertz CT molecular complexity index is 942. The molecule has 0 unspecified atom stereocenters. The maximum atomic E-state index is 13.3. The van der Waals surface area contributed by atoms with Gasteiger partial charge in [-0.15, -0.1) is 0 Å². The number of anilines is 1. The fourth-order valence-corrected chi connectivity index (χ4v) is 4.18. The Kier molecular flexibility index (Phi) is 6.95. The number of nitro groups is 1. The zero-order valence-electron chi connectivity index (χ0n) is 17.2. The number of ether oxygens (including phenoxy) is 1. The zero-order valence-corrected chi connectivity index (χ0v) is 17.9. The number of rotatable bonds is 7. The first-order valence-electron chi connectivity index (χ1n) is 9.99. The molecule has 1 fully saturated rings. The lowest BCUT2D eigenvalue weighted by Gasteiger charge is -2.37. The molecule has 1 aliphatic carbocycles. The van der Waals surface area contributed by atoms with Crippen LogP contribution >= 0.6 is 11.6 Å². The van der Waals surface area contributed by atoms with E-state index in [-0.39, 0.29) is 18.1 Å². The molecule has 0 radical (unpaired) electrons. The number of hydrogen-bond acceptors (Lipinski definition) is 5. The van der Waals surface area contributed by atoms with Gasteiger partial charge in [0, 0.05) is 24.4 Å². The van der Waals surface area contributed by atoms with Crippen LogP contribution in [-0.2, 0) is 11.3 Å². The van der Waals surface area contributed by atoms with Gasteiger partial charge < -0.3 is 10.1 Å². The molecule has 1 saturated carbocycles. The summed E-state index contributed by atoms with van der Waals surface area (Å²) in [6, 6.07) is 10.1. The third-order valence-electron chi connectivity index (χ3n) is 5.70. The minimum absolute atomic E-state index is 0.0513. The second-order valence-electron chi connectivity index (χ2n) is 7.63. The summed E-state index contributed by atoms with van der Waals surface area (Å²) in [6.07, 6.45) is 4.17. The van der Waals surface area contributed by atoms with Crippen LogP contribution in [0.2, 0.25) is 5.02 Å². The van der Waals surface area contributed by atoms with Gasteiger partial charge in [-0.1, -0.05) is 43.0 Å². The molecule has 3 rings (SSSR count). The molecule has 0 atom stereocenters. The Morgan fingerprint density at radius 3 is 2.63 bits per heavy atom. The molecule has 0 aliphatic heterocycles. The van der Waals surface area contributed by atoms with Gasteiger partial charge in [0.2, 0.25) is 5.91 Å². The van der Waals surface area contributed by atoms with Crippen molar-refractivity contribution in [2.24, 2.45) is 0 Å². The van der Waals surface area contributed by atoms with E-state index >= 15 is 0 Å². The molecular weight excluding hydrogens is 406 g/mol. The summed E-state index contributed by atoms with van der Waals surface area (Å²) in [5.74, 6) is 0.549. The zero-order chi connectivity index (χ0) is 21.7. The SMILES string of the molecule is COc1cc(NC(=O)C2(NCc3c(Cl)cccc3[N+](=O)[O-])CCCCC2)ccc1C. The Morgan fingerprint density at radius 2 is 1.97 bits per heavy atom. The van der Waals surface area contributed by atoms with Gasteiger partial charge in [-0.05, 0) is 37.5 Å². The van der Waals surface area contributed by atoms with E-state index in [0.717, 1.165) is 24.8 Å². The lowest BCUT2D eigenvalue weighted by molar-refractivity contribution is -0.385. The summed E-state index contributed by atoms with van der Waals surface area (Å²) in [4.78, 5) is 24.3. The molecule has 0 saturated heterocycles. The van der Waals surface area contributed by atoms with Crippen molar-refractivity contribution in [2.75, 3.05) is 12.4 Å². The number of amides is 1. The number of carbonyl (C=O) groups excluding carboxylic acids is 1. The Hall–Kier alpha value is -2.64. The fraction of sp³-hybridized carbons (Fsp3) is 0.409. The molecule has 0 heterocycles. The number of carbonyl (C=O) groups is 1. The molecule has 1 amide bonds. The molecule has 30 heavy (non-hydrogen) atoms. The monoisotopic (exact) mass is 431 g/mol. The highest BCUT2D eigenvalue weighted by Gasteiger charge is 2.39. The number of nitro benzene ring substituents is 1. The van der Waals surface area contributed by atoms with Crippen molar-refractivity contribution in [2.45, 2.75) is 51.1 Å². The van der Waals surface area contributed by atoms with Crippen LogP contribution in [0.25, 0.3) is 0 Å². The average molecular weight is 432 g/mol. The normalized spacial score (nSPS) is 15.4. The topological polar surface area (TPSA) is 93.5 Å². The summed E-state index contributed by atoms with van der Waals surface area (Å²) in [7, 11) is 1.59. The largest absolute Gasteiger partial charge is 0.496 e. The van der Waals surface area contributed by atoms with Gasteiger partial charge in [0.05, 0.1) is 28.2 Å². The van der Waals surface area contributed by atoms with Crippen LogP contribution < -0.4 is 15.4 Å². The van der Waals surface area contributed by atoms with Gasteiger partial charge in [-0.25, -0.2) is 0 Å². The van der Waals surface area contributed by atoms with Crippen molar-refractivity contribution in [3.8, 4) is 5.75 Å². The maximum absolute atomic E-state index is 13.3. The minimum atomic E-state index is -0.816. The average Bonchev–Trinajstić information content (AvgIpc) is 2.74. The van der Waals surface area contributed by atoms with Crippen molar-refractivity contribution >= 4 is 28.9 Å². The van der Waals surface area contributed by atoms with Gasteiger partial charge in [0.1, 0.15) is 5.75 Å². The van der Waals surface area contributed by atoms with E-state index in [1.165, 1.54) is 6.07 Å². The smallest absolute Gasteiger partial charge is 0.275 e. The summed E-state index contributed by atoms with van der Waals surface area (Å²) in [5.41, 5.74) is 1.15. The fourth-order valence-electron chi connectivity index (χ4n) is 3.94. The minimum Gasteiger partial charge on any atom is -0.496 e. The van der Waals surface area contributed by atoms with Crippen molar-refractivity contribution in [1.29, 1.82) is 0 Å². The molecular formula is C22H26ClN3O4. The van der Waals surface area contributed by atoms with Gasteiger partial charge >= 0.3 is 0 Å². The van der Waals surface area contributed by atoms with E-state index in [1.54, 1.807) is 25.3 Å². The number of halogens is 1. The van der Waals surface area contributed by atoms with E-state index in [9.17, 15) is 14.9 Å². The molecule has 2 aromatic carbocycles. The van der Waals surface area contributed by atoms with E-state index in [2.05, 4.69) is 10.6 Å². The molecule has 160 valence electrons. The summed E-state index contributed by atoms with van der Waals surface area (Å²) in [6.45, 7) is 2.08. The van der Waals surface area contributed by atoms with E-state index in [4.69, 9.17) is 16.3 Å². The quantitative estimate of drug-likeness (QED) is 0.475. The van der Waals surface area contributed by atoms with Crippen LogP contribution in [0.15, 0.2) is 36.4 Å². The van der Waals surface area contributed by atoms with Crippen molar-refractivity contribution in [3.63, 3.8) is 0 Å². The number of aryl methyl sites for hydroxylation is 1. The number of methoxy groups -OCH3 is 1. The summed E-state index contributed by atoms with van der Waals surface area (Å²) >= 11 is 6.24. The molecule has 1 aliphatic rings. The van der Waals surface area contributed by atoms with Crippen LogP contribution in [0.1, 0.15) is 43.2 Å². The summed E-state index contributed by atoms with van der Waals surface area (Å²) in [5, 5.41) is 18.0. The van der Waals surface area contributed by atoms with Gasteiger partial charge in [-0.2, -0.15) is 0 Å². The lowest BCUT2D eigenvalue weighted by atomic mass is 9.80. The van der Waals surface area contributed by atoms with Crippen molar-refractivity contribution < 1.29 is 14.5 Å². The molecule has 0 bridgehead atoms. The molecule has 0 aromatic heterocycles. The van der Waals surface area contributed by atoms with Crippen LogP contribution in [0.4, 0.5) is 11.4 Å². The highest BCUT2D eigenvalue weighted by atomic mass is 35.5. The van der Waals surface area contributed by atoms with Crippen LogP contribution in [0.3, 0.4) is 0 Å². The van der Waals surface area contributed by atoms with Gasteiger partial charge in [-0.3, -0.25) is 20.2 Å². The lowest BCUT2D eigenvalue weighted by Crippen LogP contribution is -2.55. The molecule has 2 N–H and O–H groups in total. The highest BCUT2D eigenvalue weighted by Crippen LogP contribution is 2.33. The molecule has 7 nitrogen and oxygen atoms in total. The number of nitrogens with zero attached hydrogens (tertiary/aromatic N) is 1. The highest BCUT2D eigenvalue weighted by molar-refractivity contribution is 6.31. The van der Waals surface area contributed by atoms with E-state index in [0.29, 0.717) is 34.9 Å². The number of nitrogens with one attached hydrogen (secondary N) is 2. The molecule has 8 heteroatoms. The second-order valence-corrected chi connectivity index (χ2v) is 8.04. The first kappa shape index (κ1) is 22.1. The van der Waals surface area contributed by atoms with Crippen LogP contribution in [0.5, 0.6) is 5.75 Å². The van der Waals surface area contributed by atoms with Gasteiger partial charge in [0.25, 0.3) is 5.69 Å². The maximum Gasteiger partial charge on any atom is 0.275 e. The Morgan fingerprint density at radius 1 is 1.23 bits per heavy atom. The Balaban J connectivity index is 1.83. The number of hydrogen-bond donors (Lipinski definition) is 2. The van der Waals surface area contributed by atoms with Crippen molar-refractivity contribution in [3.05, 3.63) is 62.7 Å². The summed E-state index contributed by atoms with van der Waals surface area (Å²) < 4.78 is 5.35. The van der Waals surface area contributed by atoms with Crippen molar-refractivity contribution in [1.82, 2.24) is 5.32 Å². The second kappa shape index (κ2) is 9.45. The predicted molar refractivity (Wildman–Crippen MR) is 117 cm³/mol. The number of benzene rings is 2. The van der Waals surface area contributed by atoms with Crippen LogP contribution in [0, 0.1) is 17.0 Å².